The van der Waals surface area contributed by atoms with Crippen molar-refractivity contribution in [3.05, 3.63) is 47.4 Å². The maximum atomic E-state index is 13.6. The normalized spacial score (nSPS) is 20.4. The van der Waals surface area contributed by atoms with Gasteiger partial charge in [0, 0.05) is 12.1 Å². The number of hydrogen-bond acceptors (Lipinski definition) is 3. The van der Waals surface area contributed by atoms with Gasteiger partial charge in [-0.15, -0.1) is 0 Å². The van der Waals surface area contributed by atoms with Gasteiger partial charge in [0.1, 0.15) is 55.8 Å². The number of rotatable bonds is 5. The van der Waals surface area contributed by atoms with E-state index in [1.165, 1.54) is 4.90 Å². The maximum absolute atomic E-state index is 13.6. The molecule has 3 rings (SSSR count). The Kier molecular flexibility index (Phi) is 5.40. The second-order valence-corrected chi connectivity index (χ2v) is 6.45. The molecule has 134 valence electrons. The summed E-state index contributed by atoms with van der Waals surface area (Å²) in [5, 5.41) is 6.45. The van der Waals surface area contributed by atoms with Crippen LogP contribution < -0.4 is 15.1 Å². The van der Waals surface area contributed by atoms with E-state index in [1.807, 2.05) is 13.0 Å². The largest absolute Gasteiger partial charge is 0.361 e. The Morgan fingerprint density at radius 3 is 2.60 bits per heavy atom. The summed E-state index contributed by atoms with van der Waals surface area (Å²) < 4.78 is 31.8. The number of benzene rings is 1. The van der Waals surface area contributed by atoms with Crippen LogP contribution in [-0.2, 0) is 11.3 Å². The zero-order valence-corrected chi connectivity index (χ0v) is 14.1. The van der Waals surface area contributed by atoms with Crippen LogP contribution >= 0.6 is 0 Å². The first-order chi connectivity index (χ1) is 12.0. The summed E-state index contributed by atoms with van der Waals surface area (Å²) in [5.74, 6) is -0.721. The summed E-state index contributed by atoms with van der Waals surface area (Å²) in [6, 6.07) is 4.96. The van der Waals surface area contributed by atoms with Gasteiger partial charge in [0.25, 0.3) is 5.91 Å². The van der Waals surface area contributed by atoms with Crippen molar-refractivity contribution >= 4 is 11.6 Å². The SMILES string of the molecule is Cc1cc(C[NH+]2CC[NH+](CC(=O)Nc3cc(F)ccc3F)CC2)no1. The van der Waals surface area contributed by atoms with Crippen molar-refractivity contribution in [3.8, 4) is 0 Å². The van der Waals surface area contributed by atoms with Crippen LogP contribution in [0.4, 0.5) is 14.5 Å². The first-order valence-corrected chi connectivity index (χ1v) is 8.34. The van der Waals surface area contributed by atoms with Crippen LogP contribution in [0.5, 0.6) is 0 Å². The van der Waals surface area contributed by atoms with Gasteiger partial charge >= 0.3 is 0 Å². The third-order valence-electron chi connectivity index (χ3n) is 4.39. The van der Waals surface area contributed by atoms with Crippen molar-refractivity contribution in [2.24, 2.45) is 0 Å². The highest BCUT2D eigenvalue weighted by Crippen LogP contribution is 2.14. The molecular weight excluding hydrogens is 330 g/mol. The molecular formula is C17H22F2N4O2+2. The molecule has 1 aliphatic heterocycles. The minimum absolute atomic E-state index is 0.116. The number of quaternary nitrogens is 2. The minimum atomic E-state index is -0.637. The fourth-order valence-electron chi connectivity index (χ4n) is 3.08. The highest BCUT2D eigenvalue weighted by molar-refractivity contribution is 5.91. The fraction of sp³-hybridized carbons (Fsp3) is 0.412. The molecule has 1 aromatic heterocycles. The van der Waals surface area contributed by atoms with Crippen molar-refractivity contribution in [2.75, 3.05) is 38.0 Å². The van der Waals surface area contributed by atoms with E-state index in [0.29, 0.717) is 0 Å². The Labute approximate surface area is 144 Å². The van der Waals surface area contributed by atoms with Crippen LogP contribution in [-0.4, -0.2) is 43.8 Å². The van der Waals surface area contributed by atoms with E-state index in [9.17, 15) is 13.6 Å². The molecule has 6 nitrogen and oxygen atoms in total. The third-order valence-corrected chi connectivity index (χ3v) is 4.39. The lowest BCUT2D eigenvalue weighted by Crippen LogP contribution is -3.28. The second-order valence-electron chi connectivity index (χ2n) is 6.45. The zero-order chi connectivity index (χ0) is 17.8. The smallest absolute Gasteiger partial charge is 0.279 e. The number of nitrogens with zero attached hydrogens (tertiary/aromatic N) is 1. The highest BCUT2D eigenvalue weighted by Gasteiger charge is 2.25. The van der Waals surface area contributed by atoms with Crippen LogP contribution in [0.25, 0.3) is 0 Å². The van der Waals surface area contributed by atoms with Crippen molar-refractivity contribution < 1.29 is 27.9 Å². The molecule has 1 fully saturated rings. The second kappa shape index (κ2) is 7.71. The van der Waals surface area contributed by atoms with E-state index >= 15 is 0 Å². The molecule has 25 heavy (non-hydrogen) atoms. The summed E-state index contributed by atoms with van der Waals surface area (Å²) in [4.78, 5) is 14.6. The molecule has 0 aliphatic carbocycles. The molecule has 0 radical (unpaired) electrons. The van der Waals surface area contributed by atoms with Gasteiger partial charge < -0.3 is 19.6 Å². The highest BCUT2D eigenvalue weighted by atomic mass is 19.1. The molecule has 1 aromatic carbocycles. The number of nitrogens with one attached hydrogen (secondary N) is 3. The Bertz CT molecular complexity index is 742. The number of aryl methyl sites for hydroxylation is 1. The maximum Gasteiger partial charge on any atom is 0.279 e. The first-order valence-electron chi connectivity index (χ1n) is 8.34. The van der Waals surface area contributed by atoms with Crippen LogP contribution in [0.1, 0.15) is 11.5 Å². The van der Waals surface area contributed by atoms with Crippen LogP contribution in [0.3, 0.4) is 0 Å². The lowest BCUT2D eigenvalue weighted by Gasteiger charge is -2.28. The third kappa shape index (κ3) is 4.83. The first kappa shape index (κ1) is 17.5. The summed E-state index contributed by atoms with van der Waals surface area (Å²) in [7, 11) is 0. The molecule has 0 unspecified atom stereocenters. The molecule has 1 saturated heterocycles. The van der Waals surface area contributed by atoms with Crippen LogP contribution in [0.2, 0.25) is 0 Å². The molecule has 0 spiro atoms. The summed E-state index contributed by atoms with van der Waals surface area (Å²) >= 11 is 0. The number of piperazine rings is 1. The van der Waals surface area contributed by atoms with Gasteiger partial charge in [0.05, 0.1) is 5.69 Å². The summed E-state index contributed by atoms with van der Waals surface area (Å²) in [6.07, 6.45) is 0. The summed E-state index contributed by atoms with van der Waals surface area (Å²) in [5.41, 5.74) is 0.824. The summed E-state index contributed by atoms with van der Waals surface area (Å²) in [6.45, 7) is 6.44. The number of anilines is 1. The van der Waals surface area contributed by atoms with Crippen molar-refractivity contribution in [1.29, 1.82) is 0 Å². The van der Waals surface area contributed by atoms with Crippen LogP contribution in [0, 0.1) is 18.6 Å². The molecule has 0 bridgehead atoms. The fourth-order valence-corrected chi connectivity index (χ4v) is 3.08. The van der Waals surface area contributed by atoms with E-state index in [1.54, 1.807) is 0 Å². The zero-order valence-electron chi connectivity index (χ0n) is 14.1. The molecule has 2 heterocycles. The average Bonchev–Trinajstić information content (AvgIpc) is 2.98. The van der Waals surface area contributed by atoms with Gasteiger partial charge in [0.2, 0.25) is 0 Å². The number of amides is 1. The predicted molar refractivity (Wildman–Crippen MR) is 86.2 cm³/mol. The number of halogens is 2. The van der Waals surface area contributed by atoms with E-state index in [4.69, 9.17) is 4.52 Å². The van der Waals surface area contributed by atoms with Gasteiger partial charge in [-0.3, -0.25) is 4.79 Å². The number of hydrogen-bond donors (Lipinski definition) is 3. The molecule has 1 aliphatic rings. The van der Waals surface area contributed by atoms with E-state index in [0.717, 1.165) is 67.3 Å². The Balaban J connectivity index is 1.45. The van der Waals surface area contributed by atoms with Crippen molar-refractivity contribution in [2.45, 2.75) is 13.5 Å². The van der Waals surface area contributed by atoms with Gasteiger partial charge in [-0.05, 0) is 19.1 Å². The molecule has 3 N–H and O–H groups in total. The van der Waals surface area contributed by atoms with Gasteiger partial charge in [-0.1, -0.05) is 5.16 Å². The van der Waals surface area contributed by atoms with Crippen LogP contribution in [0.15, 0.2) is 28.8 Å². The van der Waals surface area contributed by atoms with Gasteiger partial charge in [-0.25, -0.2) is 8.78 Å². The van der Waals surface area contributed by atoms with Gasteiger partial charge in [0.15, 0.2) is 6.54 Å². The minimum Gasteiger partial charge on any atom is -0.361 e. The lowest BCUT2D eigenvalue weighted by atomic mass is 10.2. The van der Waals surface area contributed by atoms with E-state index in [-0.39, 0.29) is 18.1 Å². The predicted octanol–water partition coefficient (Wildman–Crippen LogP) is -0.817. The standard InChI is InChI=1S/C17H20F2N4O2/c1-12-8-14(21-25-12)10-22-4-6-23(7-5-22)11-17(24)20-16-9-13(18)2-3-15(16)19/h2-3,8-9H,4-7,10-11H2,1H3,(H,20,24)/p+2. The molecule has 2 aromatic rings. The Morgan fingerprint density at radius 2 is 1.92 bits per heavy atom. The molecule has 0 atom stereocenters. The van der Waals surface area contributed by atoms with Crippen molar-refractivity contribution in [1.82, 2.24) is 5.16 Å². The topological polar surface area (TPSA) is 64.0 Å². The van der Waals surface area contributed by atoms with Crippen molar-refractivity contribution in [3.63, 3.8) is 0 Å². The monoisotopic (exact) mass is 352 g/mol. The Morgan fingerprint density at radius 1 is 1.20 bits per heavy atom. The van der Waals surface area contributed by atoms with E-state index in [2.05, 4.69) is 10.5 Å². The lowest BCUT2D eigenvalue weighted by molar-refractivity contribution is -1.02. The molecule has 8 heteroatoms. The molecule has 0 saturated carbocycles. The number of carbonyl (C=O) groups excluding carboxylic acids is 1. The average molecular weight is 352 g/mol. The van der Waals surface area contributed by atoms with Gasteiger partial charge in [-0.2, -0.15) is 0 Å². The van der Waals surface area contributed by atoms with E-state index < -0.39 is 11.6 Å². The Hall–Kier alpha value is -2.32. The number of aromatic nitrogens is 1. The number of carbonyl (C=O) groups is 1. The molecule has 1 amide bonds. The quantitative estimate of drug-likeness (QED) is 0.659.